The van der Waals surface area contributed by atoms with Gasteiger partial charge in [0.15, 0.2) is 8.32 Å². The molecule has 8 heteroatoms. The summed E-state index contributed by atoms with van der Waals surface area (Å²) in [5.74, 6) is -0.415. The van der Waals surface area contributed by atoms with Crippen LogP contribution in [-0.2, 0) is 20.5 Å². The van der Waals surface area contributed by atoms with Crippen LogP contribution in [0.5, 0.6) is 0 Å². The lowest BCUT2D eigenvalue weighted by Crippen LogP contribution is -2.42. The van der Waals surface area contributed by atoms with Crippen LogP contribution in [-0.4, -0.2) is 64.1 Å². The number of aromatic nitrogens is 1. The molecule has 6 nitrogen and oxygen atoms in total. The summed E-state index contributed by atoms with van der Waals surface area (Å²) < 4.78 is 27.0. The molecule has 2 aliphatic rings. The number of carbonyl (C=O) groups is 1. The summed E-state index contributed by atoms with van der Waals surface area (Å²) in [5.41, 5.74) is 1.66. The van der Waals surface area contributed by atoms with Gasteiger partial charge in [-0.3, -0.25) is 9.69 Å². The van der Waals surface area contributed by atoms with Gasteiger partial charge in [-0.2, -0.15) is 4.39 Å². The number of pyridine rings is 1. The molecule has 0 unspecified atom stereocenters. The maximum absolute atomic E-state index is 15.5. The second-order valence-electron chi connectivity index (χ2n) is 12.1. The zero-order valence-corrected chi connectivity index (χ0v) is 24.2. The van der Waals surface area contributed by atoms with Gasteiger partial charge in [-0.25, -0.2) is 4.98 Å². The summed E-state index contributed by atoms with van der Waals surface area (Å²) in [6, 6.07) is 13.9. The van der Waals surface area contributed by atoms with Crippen molar-refractivity contribution in [1.29, 1.82) is 0 Å². The van der Waals surface area contributed by atoms with Crippen LogP contribution in [0.4, 0.5) is 10.2 Å². The van der Waals surface area contributed by atoms with E-state index in [1.807, 2.05) is 30.3 Å². The van der Waals surface area contributed by atoms with Crippen LogP contribution in [0.3, 0.4) is 0 Å². The molecule has 1 aromatic heterocycles. The molecular formula is C29H42FN3O3Si. The third-order valence-corrected chi connectivity index (χ3v) is 13.0. The number of halogens is 1. The highest BCUT2D eigenvalue weighted by molar-refractivity contribution is 6.74. The van der Waals surface area contributed by atoms with E-state index in [1.54, 1.807) is 0 Å². The van der Waals surface area contributed by atoms with Gasteiger partial charge in [0.2, 0.25) is 5.95 Å². The molecule has 2 fully saturated rings. The highest BCUT2D eigenvalue weighted by Gasteiger charge is 2.41. The molecule has 2 aliphatic heterocycles. The van der Waals surface area contributed by atoms with Crippen LogP contribution >= 0.6 is 0 Å². The predicted octanol–water partition coefficient (Wildman–Crippen LogP) is 5.46. The lowest BCUT2D eigenvalue weighted by molar-refractivity contribution is -0.145. The SMILES string of the molecule is COC(=O)[C@@H]1CN(Cc2ccccc2)C[C@H]1c1ccc(N2CC[C@H](CO[Si](C)(C)C(C)(C)C)C2)nc1F. The maximum atomic E-state index is 15.5. The molecule has 0 radical (unpaired) electrons. The lowest BCUT2D eigenvalue weighted by atomic mass is 9.89. The first kappa shape index (κ1) is 27.7. The molecule has 1 aromatic carbocycles. The van der Waals surface area contributed by atoms with E-state index < -0.39 is 20.2 Å². The van der Waals surface area contributed by atoms with Gasteiger partial charge in [-0.1, -0.05) is 57.2 Å². The van der Waals surface area contributed by atoms with E-state index in [0.29, 0.717) is 36.9 Å². The number of rotatable bonds is 8. The van der Waals surface area contributed by atoms with Crippen LogP contribution in [0.25, 0.3) is 0 Å². The van der Waals surface area contributed by atoms with E-state index in [4.69, 9.17) is 9.16 Å². The summed E-state index contributed by atoms with van der Waals surface area (Å²) in [5, 5.41) is 0.185. The van der Waals surface area contributed by atoms with Gasteiger partial charge in [0.05, 0.1) is 13.0 Å². The number of benzene rings is 1. The molecular weight excluding hydrogens is 485 g/mol. The van der Waals surface area contributed by atoms with Crippen LogP contribution in [0.15, 0.2) is 42.5 Å². The Hall–Kier alpha value is -2.29. The third kappa shape index (κ3) is 6.41. The second-order valence-corrected chi connectivity index (χ2v) is 16.9. The fraction of sp³-hybridized carbons (Fsp3) is 0.586. The van der Waals surface area contributed by atoms with Crippen molar-refractivity contribution in [1.82, 2.24) is 9.88 Å². The molecule has 0 spiro atoms. The first-order valence-electron chi connectivity index (χ1n) is 13.4. The van der Waals surface area contributed by atoms with Gasteiger partial charge in [-0.05, 0) is 36.2 Å². The highest BCUT2D eigenvalue weighted by atomic mass is 28.4. The van der Waals surface area contributed by atoms with Crippen molar-refractivity contribution >= 4 is 20.1 Å². The topological polar surface area (TPSA) is 54.9 Å². The normalized spacial score (nSPS) is 23.0. The van der Waals surface area contributed by atoms with Gasteiger partial charge in [-0.15, -0.1) is 0 Å². The first-order chi connectivity index (χ1) is 17.5. The van der Waals surface area contributed by atoms with Crippen molar-refractivity contribution in [2.75, 3.05) is 44.8 Å². The Morgan fingerprint density at radius 2 is 1.84 bits per heavy atom. The number of hydrogen-bond donors (Lipinski definition) is 0. The van der Waals surface area contributed by atoms with E-state index >= 15 is 4.39 Å². The molecule has 37 heavy (non-hydrogen) atoms. The lowest BCUT2D eigenvalue weighted by Gasteiger charge is -2.37. The molecule has 0 N–H and O–H groups in total. The fourth-order valence-corrected chi connectivity index (χ4v) is 6.25. The molecule has 3 heterocycles. The Labute approximate surface area is 222 Å². The van der Waals surface area contributed by atoms with E-state index in [-0.39, 0.29) is 16.9 Å². The quantitative estimate of drug-likeness (QED) is 0.258. The summed E-state index contributed by atoms with van der Waals surface area (Å²) in [6.07, 6.45) is 1.02. The van der Waals surface area contributed by atoms with Crippen molar-refractivity contribution in [3.63, 3.8) is 0 Å². The van der Waals surface area contributed by atoms with E-state index in [9.17, 15) is 4.79 Å². The van der Waals surface area contributed by atoms with Gasteiger partial charge in [0.25, 0.3) is 0 Å². The Morgan fingerprint density at radius 1 is 1.11 bits per heavy atom. The average Bonchev–Trinajstić information content (AvgIpc) is 3.50. The largest absolute Gasteiger partial charge is 0.469 e. The Kier molecular flexibility index (Phi) is 8.40. The molecule has 0 aliphatic carbocycles. The standard InChI is InChI=1S/C29H42FN3O3Si/c1-29(2,3)37(5,6)36-20-22-14-15-33(17-22)26-13-12-23(27(30)31-26)24-18-32(19-25(24)28(34)35-4)16-21-10-8-7-9-11-21/h7-13,22,24-25H,14-20H2,1-6H3/t22-,24-,25+/m0/s1. The van der Waals surface area contributed by atoms with Crippen molar-refractivity contribution in [3.05, 3.63) is 59.5 Å². The second kappa shape index (κ2) is 11.2. The Balaban J connectivity index is 1.43. The predicted molar refractivity (Wildman–Crippen MR) is 148 cm³/mol. The summed E-state index contributed by atoms with van der Waals surface area (Å²) in [6.45, 7) is 15.6. The molecule has 202 valence electrons. The molecule has 3 atom stereocenters. The van der Waals surface area contributed by atoms with Crippen LogP contribution in [0.1, 0.15) is 44.2 Å². The van der Waals surface area contributed by atoms with Crippen LogP contribution < -0.4 is 4.90 Å². The van der Waals surface area contributed by atoms with Crippen molar-refractivity contribution < 1.29 is 18.3 Å². The highest BCUT2D eigenvalue weighted by Crippen LogP contribution is 2.38. The minimum absolute atomic E-state index is 0.185. The number of anilines is 1. The number of likely N-dealkylation sites (tertiary alicyclic amines) is 1. The smallest absolute Gasteiger partial charge is 0.310 e. The summed E-state index contributed by atoms with van der Waals surface area (Å²) >= 11 is 0. The van der Waals surface area contributed by atoms with Gasteiger partial charge < -0.3 is 14.1 Å². The molecule has 4 rings (SSSR count). The minimum atomic E-state index is -1.79. The van der Waals surface area contributed by atoms with Gasteiger partial charge in [0.1, 0.15) is 5.82 Å². The molecule has 0 saturated carbocycles. The Morgan fingerprint density at radius 3 is 2.49 bits per heavy atom. The molecule has 0 amide bonds. The monoisotopic (exact) mass is 527 g/mol. The number of methoxy groups -OCH3 is 1. The Bertz CT molecular complexity index is 1080. The van der Waals surface area contributed by atoms with E-state index in [0.717, 1.165) is 26.1 Å². The zero-order valence-electron chi connectivity index (χ0n) is 23.2. The van der Waals surface area contributed by atoms with Crippen LogP contribution in [0, 0.1) is 17.8 Å². The number of ether oxygens (including phenoxy) is 1. The first-order valence-corrected chi connectivity index (χ1v) is 16.3. The van der Waals surface area contributed by atoms with Crippen molar-refractivity contribution in [2.45, 2.75) is 57.8 Å². The molecule has 2 aromatic rings. The van der Waals surface area contributed by atoms with E-state index in [1.165, 1.54) is 12.7 Å². The van der Waals surface area contributed by atoms with Crippen LogP contribution in [0.2, 0.25) is 18.1 Å². The number of hydrogen-bond acceptors (Lipinski definition) is 6. The third-order valence-electron chi connectivity index (χ3n) is 8.51. The zero-order chi connectivity index (χ0) is 26.8. The molecule has 0 bridgehead atoms. The number of carbonyl (C=O) groups excluding carboxylic acids is 1. The van der Waals surface area contributed by atoms with Crippen molar-refractivity contribution in [3.8, 4) is 0 Å². The summed E-state index contributed by atoms with van der Waals surface area (Å²) in [4.78, 5) is 21.3. The number of esters is 1. The summed E-state index contributed by atoms with van der Waals surface area (Å²) in [7, 11) is -0.393. The average molecular weight is 528 g/mol. The number of nitrogens with zero attached hydrogens (tertiary/aromatic N) is 3. The molecule has 2 saturated heterocycles. The van der Waals surface area contributed by atoms with E-state index in [2.05, 4.69) is 60.8 Å². The van der Waals surface area contributed by atoms with Gasteiger partial charge >= 0.3 is 5.97 Å². The minimum Gasteiger partial charge on any atom is -0.469 e. The van der Waals surface area contributed by atoms with Gasteiger partial charge in [0, 0.05) is 56.7 Å². The maximum Gasteiger partial charge on any atom is 0.310 e. The van der Waals surface area contributed by atoms with Crippen molar-refractivity contribution in [2.24, 2.45) is 11.8 Å². The fourth-order valence-electron chi connectivity index (χ4n) is 5.17.